The van der Waals surface area contributed by atoms with Crippen LogP contribution < -0.4 is 20.8 Å². The van der Waals surface area contributed by atoms with Crippen LogP contribution in [-0.2, 0) is 14.4 Å². The van der Waals surface area contributed by atoms with E-state index in [9.17, 15) is 22.8 Å². The Kier molecular flexibility index (Phi) is 6.06. The molecule has 27 heavy (non-hydrogen) atoms. The second-order valence-corrected chi connectivity index (χ2v) is 5.06. The van der Waals surface area contributed by atoms with Gasteiger partial charge < -0.3 is 20.2 Å². The van der Waals surface area contributed by atoms with E-state index in [0.717, 1.165) is 5.39 Å². The van der Waals surface area contributed by atoms with Gasteiger partial charge in [-0.15, -0.1) is 0 Å². The minimum Gasteiger partial charge on any atom is -0.493 e. The molecular formula is C16H14F3N3O5. The molecular weight excluding hydrogens is 371 g/mol. The molecule has 0 saturated heterocycles. The van der Waals surface area contributed by atoms with Gasteiger partial charge in [-0.2, -0.15) is 23.8 Å². The Morgan fingerprint density at radius 3 is 2.59 bits per heavy atom. The molecule has 0 aromatic heterocycles. The molecule has 0 aliphatic rings. The average molecular weight is 385 g/mol. The summed E-state index contributed by atoms with van der Waals surface area (Å²) in [6.45, 7) is -0.726. The molecule has 0 bridgehead atoms. The number of hydrogen-bond donors (Lipinski definition) is 2. The molecule has 0 heterocycles. The third kappa shape index (κ3) is 5.00. The number of hydrazone groups is 1. The Hall–Kier alpha value is -3.50. The van der Waals surface area contributed by atoms with Crippen molar-refractivity contribution in [2.24, 2.45) is 10.9 Å². The number of carbonyl (C=O) groups is 2. The molecule has 1 amide bonds. The van der Waals surface area contributed by atoms with Gasteiger partial charge in [-0.05, 0) is 23.1 Å². The van der Waals surface area contributed by atoms with Crippen LogP contribution in [0.2, 0.25) is 0 Å². The van der Waals surface area contributed by atoms with Gasteiger partial charge in [-0.3, -0.25) is 4.79 Å². The third-order valence-electron chi connectivity index (χ3n) is 3.24. The van der Waals surface area contributed by atoms with Crippen LogP contribution in [0.5, 0.6) is 11.5 Å². The topological polar surface area (TPSA) is 112 Å². The van der Waals surface area contributed by atoms with Crippen molar-refractivity contribution in [3.8, 4) is 11.5 Å². The fraction of sp³-hybridized carbons (Fsp3) is 0.188. The summed E-state index contributed by atoms with van der Waals surface area (Å²) < 4.78 is 46.6. The summed E-state index contributed by atoms with van der Waals surface area (Å²) in [5.41, 5.74) is 2.01. The normalized spacial score (nSPS) is 11.4. The van der Waals surface area contributed by atoms with Crippen molar-refractivity contribution in [3.05, 3.63) is 35.9 Å². The van der Waals surface area contributed by atoms with Crippen LogP contribution >= 0.6 is 0 Å². The second-order valence-electron chi connectivity index (χ2n) is 5.06. The van der Waals surface area contributed by atoms with Gasteiger partial charge in [0.15, 0.2) is 18.1 Å². The van der Waals surface area contributed by atoms with Gasteiger partial charge in [-0.25, -0.2) is 4.79 Å². The number of nitrogens with two attached hydrogens (primary N) is 1. The smallest absolute Gasteiger partial charge is 0.493 e. The fourth-order valence-corrected chi connectivity index (χ4v) is 2.09. The van der Waals surface area contributed by atoms with Crippen molar-refractivity contribution < 1.29 is 37.1 Å². The van der Waals surface area contributed by atoms with Gasteiger partial charge in [-0.1, -0.05) is 18.2 Å². The van der Waals surface area contributed by atoms with E-state index in [0.29, 0.717) is 10.9 Å². The number of methoxy groups -OCH3 is 1. The number of fused-ring (bicyclic) bond motifs is 1. The summed E-state index contributed by atoms with van der Waals surface area (Å²) in [6, 6.07) is 8.51. The lowest BCUT2D eigenvalue weighted by Crippen LogP contribution is -2.36. The highest BCUT2D eigenvalue weighted by atomic mass is 19.4. The number of hydrogen-bond acceptors (Lipinski definition) is 7. The Morgan fingerprint density at radius 2 is 1.96 bits per heavy atom. The zero-order chi connectivity index (χ0) is 20.0. The zero-order valence-corrected chi connectivity index (χ0v) is 13.9. The van der Waals surface area contributed by atoms with Gasteiger partial charge in [0.25, 0.3) is 5.91 Å². The number of nitrogens with zero attached hydrogens (tertiary/aromatic N) is 1. The average Bonchev–Trinajstić information content (AvgIpc) is 2.63. The van der Waals surface area contributed by atoms with E-state index in [2.05, 4.69) is 9.94 Å². The molecule has 0 radical (unpaired) electrons. The van der Waals surface area contributed by atoms with E-state index in [4.69, 9.17) is 15.3 Å². The number of alkyl halides is 3. The van der Waals surface area contributed by atoms with Crippen molar-refractivity contribution in [2.75, 3.05) is 13.7 Å². The first-order valence-corrected chi connectivity index (χ1v) is 7.30. The first-order valence-electron chi connectivity index (χ1n) is 7.30. The molecule has 0 aliphatic carbocycles. The molecule has 0 unspecified atom stereocenters. The van der Waals surface area contributed by atoms with Gasteiger partial charge in [0.05, 0.1) is 13.3 Å². The highest BCUT2D eigenvalue weighted by Crippen LogP contribution is 2.36. The predicted molar refractivity (Wildman–Crippen MR) is 88.1 cm³/mol. The molecule has 0 spiro atoms. The van der Waals surface area contributed by atoms with Crippen molar-refractivity contribution in [2.45, 2.75) is 6.18 Å². The lowest BCUT2D eigenvalue weighted by Gasteiger charge is -2.14. The Morgan fingerprint density at radius 1 is 1.26 bits per heavy atom. The van der Waals surface area contributed by atoms with Crippen molar-refractivity contribution in [3.63, 3.8) is 0 Å². The van der Waals surface area contributed by atoms with E-state index in [-0.39, 0.29) is 11.5 Å². The van der Waals surface area contributed by atoms with Gasteiger partial charge in [0, 0.05) is 5.39 Å². The first kappa shape index (κ1) is 19.8. The molecule has 0 atom stereocenters. The largest absolute Gasteiger partial charge is 0.493 e. The van der Waals surface area contributed by atoms with Gasteiger partial charge in [0.1, 0.15) is 0 Å². The Labute approximate surface area is 150 Å². The van der Waals surface area contributed by atoms with Crippen molar-refractivity contribution in [1.82, 2.24) is 5.48 Å². The molecule has 2 aromatic rings. The summed E-state index contributed by atoms with van der Waals surface area (Å²) in [6.07, 6.45) is -3.83. The number of amides is 1. The maximum absolute atomic E-state index is 12.0. The van der Waals surface area contributed by atoms with Crippen LogP contribution in [0.15, 0.2) is 35.4 Å². The van der Waals surface area contributed by atoms with Crippen molar-refractivity contribution >= 4 is 28.9 Å². The van der Waals surface area contributed by atoms with Crippen LogP contribution in [0.3, 0.4) is 0 Å². The minimum absolute atomic E-state index is 0.166. The van der Waals surface area contributed by atoms with Crippen LogP contribution in [0.4, 0.5) is 13.2 Å². The van der Waals surface area contributed by atoms with Crippen molar-refractivity contribution in [1.29, 1.82) is 0 Å². The van der Waals surface area contributed by atoms with E-state index < -0.39 is 24.7 Å². The highest BCUT2D eigenvalue weighted by Gasteiger charge is 2.42. The van der Waals surface area contributed by atoms with E-state index in [1.807, 2.05) is 0 Å². The standard InChI is InChI=1S/C16H14F3N3O5/c1-25-12-5-4-10-3-2-9(7-21-20)6-11(10)14(12)26-8-13(23)22-27-15(24)16(17,18)19/h2-7H,8,20H2,1H3,(H,22,23)/b21-7+. The predicted octanol–water partition coefficient (Wildman–Crippen LogP) is 1.66. The monoisotopic (exact) mass is 385 g/mol. The number of benzene rings is 2. The van der Waals surface area contributed by atoms with Crippen LogP contribution in [0, 0.1) is 0 Å². The number of rotatable bonds is 5. The molecule has 0 fully saturated rings. The molecule has 11 heteroatoms. The summed E-state index contributed by atoms with van der Waals surface area (Å²) >= 11 is 0. The van der Waals surface area contributed by atoms with Crippen LogP contribution in [0.1, 0.15) is 5.56 Å². The third-order valence-corrected chi connectivity index (χ3v) is 3.24. The maximum atomic E-state index is 12.0. The zero-order valence-electron chi connectivity index (χ0n) is 13.9. The number of halogens is 3. The Bertz CT molecular complexity index is 883. The van der Waals surface area contributed by atoms with Crippen LogP contribution in [0.25, 0.3) is 10.8 Å². The first-order chi connectivity index (χ1) is 12.8. The summed E-state index contributed by atoms with van der Waals surface area (Å²) in [7, 11) is 1.38. The number of nitrogens with one attached hydrogen (secondary N) is 1. The summed E-state index contributed by atoms with van der Waals surface area (Å²) in [5, 5.41) is 4.71. The lowest BCUT2D eigenvalue weighted by atomic mass is 10.1. The van der Waals surface area contributed by atoms with Gasteiger partial charge in [0.2, 0.25) is 0 Å². The minimum atomic E-state index is -5.23. The Balaban J connectivity index is 2.18. The number of carbonyl (C=O) groups excluding carboxylic acids is 2. The van der Waals surface area contributed by atoms with Crippen LogP contribution in [-0.4, -0.2) is 38.0 Å². The molecule has 3 N–H and O–H groups in total. The molecule has 2 aromatic carbocycles. The van der Waals surface area contributed by atoms with Gasteiger partial charge >= 0.3 is 12.1 Å². The quantitative estimate of drug-likeness (QED) is 0.460. The fourth-order valence-electron chi connectivity index (χ4n) is 2.09. The SMILES string of the molecule is COc1ccc2ccc(/C=N/N)cc2c1OCC(=O)NOC(=O)C(F)(F)F. The molecule has 0 saturated carbocycles. The number of ether oxygens (including phenoxy) is 2. The summed E-state index contributed by atoms with van der Waals surface area (Å²) in [5.74, 6) is 1.92. The maximum Gasteiger partial charge on any atom is 0.493 e. The molecule has 2 rings (SSSR count). The van der Waals surface area contributed by atoms with E-state index >= 15 is 0 Å². The molecule has 0 aliphatic heterocycles. The number of hydroxylamine groups is 1. The van der Waals surface area contributed by atoms with E-state index in [1.54, 1.807) is 30.3 Å². The second kappa shape index (κ2) is 8.25. The van der Waals surface area contributed by atoms with E-state index in [1.165, 1.54) is 18.8 Å². The highest BCUT2D eigenvalue weighted by molar-refractivity contribution is 5.95. The molecule has 144 valence electrons. The lowest BCUT2D eigenvalue weighted by molar-refractivity contribution is -0.207. The summed E-state index contributed by atoms with van der Waals surface area (Å²) in [4.78, 5) is 25.8. The molecule has 8 nitrogen and oxygen atoms in total.